The van der Waals surface area contributed by atoms with E-state index in [9.17, 15) is 0 Å². The van der Waals surface area contributed by atoms with Gasteiger partial charge < -0.3 is 16.0 Å². The van der Waals surface area contributed by atoms with Crippen molar-refractivity contribution in [2.75, 3.05) is 30.0 Å². The minimum atomic E-state index is 0.782. The number of nitrogens with two attached hydrogens (primary N) is 1. The number of nitrogens with one attached hydrogen (secondary N) is 1. The first-order valence-corrected chi connectivity index (χ1v) is 5.58. The van der Waals surface area contributed by atoms with Crippen molar-refractivity contribution in [2.24, 2.45) is 0 Å². The van der Waals surface area contributed by atoms with E-state index < -0.39 is 0 Å². The van der Waals surface area contributed by atoms with Crippen molar-refractivity contribution in [3.8, 4) is 0 Å². The van der Waals surface area contributed by atoms with Crippen LogP contribution in [-0.4, -0.2) is 14.1 Å². The highest BCUT2D eigenvalue weighted by molar-refractivity contribution is 5.76. The number of benzene rings is 2. The van der Waals surface area contributed by atoms with Gasteiger partial charge in [-0.25, -0.2) is 0 Å². The van der Waals surface area contributed by atoms with Crippen LogP contribution in [-0.2, 0) is 0 Å². The first-order chi connectivity index (χ1) is 8.22. The lowest BCUT2D eigenvalue weighted by molar-refractivity contribution is 1.21. The summed E-state index contributed by atoms with van der Waals surface area (Å²) in [6, 6.07) is 16.0. The van der Waals surface area contributed by atoms with Crippen molar-refractivity contribution in [1.82, 2.24) is 0 Å². The highest BCUT2D eigenvalue weighted by atomic mass is 15.1. The van der Waals surface area contributed by atoms with Gasteiger partial charge in [0, 0.05) is 25.5 Å². The molecule has 0 aliphatic heterocycles. The molecule has 3 heteroatoms. The van der Waals surface area contributed by atoms with Gasteiger partial charge in [-0.05, 0) is 36.4 Å². The van der Waals surface area contributed by atoms with Crippen LogP contribution in [0.4, 0.5) is 22.7 Å². The Bertz CT molecular complexity index is 491. The van der Waals surface area contributed by atoms with Crippen LogP contribution in [0.15, 0.2) is 48.5 Å². The van der Waals surface area contributed by atoms with Crippen LogP contribution in [0.3, 0.4) is 0 Å². The predicted molar refractivity (Wildman–Crippen MR) is 74.9 cm³/mol. The van der Waals surface area contributed by atoms with E-state index >= 15 is 0 Å². The molecule has 17 heavy (non-hydrogen) atoms. The average Bonchev–Trinajstić information content (AvgIpc) is 2.39. The minimum absolute atomic E-state index is 0.782. The Morgan fingerprint density at radius 3 is 2.29 bits per heavy atom. The largest absolute Gasteiger partial charge is 0.399 e. The summed E-state index contributed by atoms with van der Waals surface area (Å²) in [7, 11) is 3.97. The molecule has 0 unspecified atom stereocenters. The van der Waals surface area contributed by atoms with Crippen LogP contribution in [0.2, 0.25) is 0 Å². The van der Waals surface area contributed by atoms with Crippen molar-refractivity contribution in [3.63, 3.8) is 0 Å². The Kier molecular flexibility index (Phi) is 3.19. The Morgan fingerprint density at radius 1 is 1.00 bits per heavy atom. The lowest BCUT2D eigenvalue weighted by atomic mass is 10.2. The van der Waals surface area contributed by atoms with Gasteiger partial charge in [0.15, 0.2) is 0 Å². The zero-order chi connectivity index (χ0) is 12.3. The summed E-state index contributed by atoms with van der Waals surface area (Å²) in [6.45, 7) is 0. The van der Waals surface area contributed by atoms with Crippen molar-refractivity contribution in [2.45, 2.75) is 0 Å². The minimum Gasteiger partial charge on any atom is -0.399 e. The van der Waals surface area contributed by atoms with Crippen LogP contribution in [0.25, 0.3) is 0 Å². The third-order valence-electron chi connectivity index (χ3n) is 2.82. The first kappa shape index (κ1) is 11.3. The molecule has 0 aliphatic carbocycles. The summed E-state index contributed by atoms with van der Waals surface area (Å²) < 4.78 is 0. The summed E-state index contributed by atoms with van der Waals surface area (Å²) in [6.07, 6.45) is 0. The monoisotopic (exact) mass is 227 g/mol. The molecule has 3 N–H and O–H groups in total. The molecule has 0 atom stereocenters. The fourth-order valence-corrected chi connectivity index (χ4v) is 1.81. The van der Waals surface area contributed by atoms with Crippen molar-refractivity contribution >= 4 is 22.7 Å². The molecule has 0 radical (unpaired) electrons. The van der Waals surface area contributed by atoms with Crippen LogP contribution in [0.1, 0.15) is 0 Å². The topological polar surface area (TPSA) is 41.3 Å². The van der Waals surface area contributed by atoms with E-state index in [1.807, 2.05) is 50.5 Å². The van der Waals surface area contributed by atoms with Gasteiger partial charge in [-0.2, -0.15) is 0 Å². The number of hydrogen-bond acceptors (Lipinski definition) is 3. The van der Waals surface area contributed by atoms with E-state index in [-0.39, 0.29) is 0 Å². The molecule has 0 fully saturated rings. The molecular formula is C14H17N3. The van der Waals surface area contributed by atoms with Gasteiger partial charge in [0.2, 0.25) is 0 Å². The molecule has 0 saturated heterocycles. The van der Waals surface area contributed by atoms with Crippen LogP contribution in [0, 0.1) is 0 Å². The molecule has 0 heterocycles. The molecule has 2 aromatic carbocycles. The molecule has 0 aromatic heterocycles. The van der Waals surface area contributed by atoms with Crippen LogP contribution < -0.4 is 16.0 Å². The van der Waals surface area contributed by atoms with Gasteiger partial charge >= 0.3 is 0 Å². The Hall–Kier alpha value is -2.16. The zero-order valence-corrected chi connectivity index (χ0v) is 10.1. The van der Waals surface area contributed by atoms with Gasteiger partial charge in [0.1, 0.15) is 0 Å². The van der Waals surface area contributed by atoms with Gasteiger partial charge in [0.05, 0.1) is 11.4 Å². The SMILES string of the molecule is CNc1ccccc1N(C)c1ccc(N)cc1. The Labute approximate surface area is 102 Å². The Balaban J connectivity index is 2.36. The normalized spacial score (nSPS) is 10.0. The lowest BCUT2D eigenvalue weighted by Crippen LogP contribution is -2.11. The number of hydrogen-bond donors (Lipinski definition) is 2. The van der Waals surface area contributed by atoms with Gasteiger partial charge in [-0.1, -0.05) is 12.1 Å². The third-order valence-corrected chi connectivity index (χ3v) is 2.82. The summed E-state index contributed by atoms with van der Waals surface area (Å²) in [4.78, 5) is 2.13. The summed E-state index contributed by atoms with van der Waals surface area (Å²) in [5.74, 6) is 0. The number of anilines is 4. The van der Waals surface area contributed by atoms with Crippen LogP contribution in [0.5, 0.6) is 0 Å². The molecule has 88 valence electrons. The van der Waals surface area contributed by atoms with Gasteiger partial charge in [-0.3, -0.25) is 0 Å². The van der Waals surface area contributed by atoms with E-state index in [1.165, 1.54) is 0 Å². The standard InChI is InChI=1S/C14H17N3/c1-16-13-5-3-4-6-14(13)17(2)12-9-7-11(15)8-10-12/h3-10,16H,15H2,1-2H3. The van der Waals surface area contributed by atoms with Crippen molar-refractivity contribution < 1.29 is 0 Å². The summed E-state index contributed by atoms with van der Waals surface area (Å²) >= 11 is 0. The highest BCUT2D eigenvalue weighted by Gasteiger charge is 2.07. The molecule has 0 bridgehead atoms. The predicted octanol–water partition coefficient (Wildman–Crippen LogP) is 3.08. The average molecular weight is 227 g/mol. The molecule has 0 saturated carbocycles. The van der Waals surface area contributed by atoms with E-state index in [0.717, 1.165) is 22.7 Å². The number of para-hydroxylation sites is 2. The maximum atomic E-state index is 5.69. The summed E-state index contributed by atoms with van der Waals surface area (Å²) in [5, 5.41) is 3.19. The maximum Gasteiger partial charge on any atom is 0.0643 e. The molecule has 0 amide bonds. The molecule has 2 rings (SSSR count). The maximum absolute atomic E-state index is 5.69. The highest BCUT2D eigenvalue weighted by Crippen LogP contribution is 2.30. The number of nitrogens with zero attached hydrogens (tertiary/aromatic N) is 1. The van der Waals surface area contributed by atoms with Gasteiger partial charge in [0.25, 0.3) is 0 Å². The van der Waals surface area contributed by atoms with Crippen molar-refractivity contribution in [1.29, 1.82) is 0 Å². The van der Waals surface area contributed by atoms with E-state index in [0.29, 0.717) is 0 Å². The number of rotatable bonds is 3. The van der Waals surface area contributed by atoms with Gasteiger partial charge in [-0.15, -0.1) is 0 Å². The van der Waals surface area contributed by atoms with E-state index in [4.69, 9.17) is 5.73 Å². The summed E-state index contributed by atoms with van der Waals surface area (Å²) in [5.41, 5.74) is 9.83. The third kappa shape index (κ3) is 2.33. The molecule has 0 aliphatic rings. The quantitative estimate of drug-likeness (QED) is 0.792. The Morgan fingerprint density at radius 2 is 1.65 bits per heavy atom. The van der Waals surface area contributed by atoms with E-state index in [2.05, 4.69) is 22.3 Å². The first-order valence-electron chi connectivity index (χ1n) is 5.58. The molecule has 2 aromatic rings. The zero-order valence-electron chi connectivity index (χ0n) is 10.1. The fraction of sp³-hybridized carbons (Fsp3) is 0.143. The second-order valence-electron chi connectivity index (χ2n) is 3.92. The fourth-order valence-electron chi connectivity index (χ4n) is 1.81. The second kappa shape index (κ2) is 4.78. The second-order valence-corrected chi connectivity index (χ2v) is 3.92. The molecule has 0 spiro atoms. The van der Waals surface area contributed by atoms with Crippen molar-refractivity contribution in [3.05, 3.63) is 48.5 Å². The van der Waals surface area contributed by atoms with Crippen LogP contribution >= 0.6 is 0 Å². The smallest absolute Gasteiger partial charge is 0.0643 e. The lowest BCUT2D eigenvalue weighted by Gasteiger charge is -2.22. The molecular weight excluding hydrogens is 210 g/mol. The van der Waals surface area contributed by atoms with E-state index in [1.54, 1.807) is 0 Å². The molecule has 3 nitrogen and oxygen atoms in total. The number of nitrogen functional groups attached to an aromatic ring is 1.